The van der Waals surface area contributed by atoms with Crippen molar-refractivity contribution in [2.45, 2.75) is 25.7 Å². The van der Waals surface area contributed by atoms with Crippen molar-refractivity contribution in [2.24, 2.45) is 5.92 Å². The summed E-state index contributed by atoms with van der Waals surface area (Å²) in [5, 5.41) is 4.34. The number of nitrogens with one attached hydrogen (secondary N) is 2. The first-order chi connectivity index (χ1) is 13.8. The molecule has 2 aromatic carbocycles. The quantitative estimate of drug-likeness (QED) is 0.660. The van der Waals surface area contributed by atoms with Crippen LogP contribution in [0, 0.1) is 5.92 Å². The van der Waals surface area contributed by atoms with Crippen LogP contribution in [0.2, 0.25) is 0 Å². The summed E-state index contributed by atoms with van der Waals surface area (Å²) < 4.78 is 0. The Balaban J connectivity index is 1.17. The molecule has 0 atom stereocenters. The highest BCUT2D eigenvalue weighted by Crippen LogP contribution is 2.21. The fraction of sp³-hybridized carbons (Fsp3) is 0.375. The molecule has 28 heavy (non-hydrogen) atoms. The molecule has 3 aromatic rings. The highest BCUT2D eigenvalue weighted by molar-refractivity contribution is 5.83. The van der Waals surface area contributed by atoms with Gasteiger partial charge in [0.1, 0.15) is 0 Å². The zero-order valence-electron chi connectivity index (χ0n) is 16.4. The number of rotatable bonds is 7. The molecule has 2 heterocycles. The van der Waals surface area contributed by atoms with Gasteiger partial charge in [-0.2, -0.15) is 0 Å². The first-order valence-corrected chi connectivity index (χ1v) is 10.4. The molecule has 1 amide bonds. The molecule has 1 aliphatic heterocycles. The molecule has 1 saturated heterocycles. The molecule has 0 unspecified atom stereocenters. The predicted octanol–water partition coefficient (Wildman–Crippen LogP) is 3.78. The molecule has 1 fully saturated rings. The van der Waals surface area contributed by atoms with Gasteiger partial charge >= 0.3 is 0 Å². The number of hydrogen-bond donors (Lipinski definition) is 2. The van der Waals surface area contributed by atoms with E-state index in [9.17, 15) is 4.79 Å². The van der Waals surface area contributed by atoms with Gasteiger partial charge in [0, 0.05) is 23.6 Å². The third kappa shape index (κ3) is 4.82. The lowest BCUT2D eigenvalue weighted by Gasteiger charge is -2.31. The number of fused-ring (bicyclic) bond motifs is 1. The van der Waals surface area contributed by atoms with Gasteiger partial charge < -0.3 is 10.3 Å². The molecule has 4 nitrogen and oxygen atoms in total. The third-order valence-corrected chi connectivity index (χ3v) is 5.83. The van der Waals surface area contributed by atoms with E-state index in [4.69, 9.17) is 0 Å². The van der Waals surface area contributed by atoms with Gasteiger partial charge in [0.25, 0.3) is 0 Å². The number of H-pyrrole nitrogens is 1. The Morgan fingerprint density at radius 3 is 2.61 bits per heavy atom. The Labute approximate surface area is 166 Å². The molecular formula is C24H29N3O. The number of benzene rings is 2. The van der Waals surface area contributed by atoms with E-state index in [0.717, 1.165) is 37.4 Å². The van der Waals surface area contributed by atoms with Crippen molar-refractivity contribution in [2.75, 3.05) is 26.2 Å². The van der Waals surface area contributed by atoms with Gasteiger partial charge in [-0.1, -0.05) is 48.5 Å². The van der Waals surface area contributed by atoms with Gasteiger partial charge in [-0.25, -0.2) is 0 Å². The van der Waals surface area contributed by atoms with Crippen molar-refractivity contribution < 1.29 is 4.79 Å². The number of likely N-dealkylation sites (tertiary alicyclic amines) is 1. The maximum atomic E-state index is 12.3. The lowest BCUT2D eigenvalue weighted by molar-refractivity contribution is -0.122. The topological polar surface area (TPSA) is 48.1 Å². The summed E-state index contributed by atoms with van der Waals surface area (Å²) >= 11 is 0. The fourth-order valence-electron chi connectivity index (χ4n) is 4.23. The normalized spacial score (nSPS) is 15.7. The van der Waals surface area contributed by atoms with Crippen LogP contribution < -0.4 is 5.32 Å². The summed E-state index contributed by atoms with van der Waals surface area (Å²) in [5.41, 5.74) is 3.84. The van der Waals surface area contributed by atoms with E-state index in [1.165, 1.54) is 29.4 Å². The number of para-hydroxylation sites is 1. The molecule has 2 N–H and O–H groups in total. The summed E-state index contributed by atoms with van der Waals surface area (Å²) in [5.74, 6) is 0.880. The monoisotopic (exact) mass is 375 g/mol. The van der Waals surface area contributed by atoms with Crippen LogP contribution in [0.15, 0.2) is 60.8 Å². The van der Waals surface area contributed by atoms with Crippen molar-refractivity contribution in [1.82, 2.24) is 15.2 Å². The Bertz CT molecular complexity index is 894. The third-order valence-electron chi connectivity index (χ3n) is 5.83. The van der Waals surface area contributed by atoms with Crippen LogP contribution >= 0.6 is 0 Å². The van der Waals surface area contributed by atoms with E-state index in [1.54, 1.807) is 0 Å². The van der Waals surface area contributed by atoms with Crippen LogP contribution in [0.4, 0.5) is 0 Å². The van der Waals surface area contributed by atoms with Crippen molar-refractivity contribution in [3.05, 3.63) is 71.9 Å². The number of carbonyl (C=O) groups excluding carboxylic acids is 1. The van der Waals surface area contributed by atoms with Crippen molar-refractivity contribution >= 4 is 16.8 Å². The number of piperidine rings is 1. The van der Waals surface area contributed by atoms with E-state index < -0.39 is 0 Å². The summed E-state index contributed by atoms with van der Waals surface area (Å²) in [6.07, 6.45) is 6.42. The predicted molar refractivity (Wildman–Crippen MR) is 114 cm³/mol. The van der Waals surface area contributed by atoms with Gasteiger partial charge in [0.2, 0.25) is 5.91 Å². The smallest absolute Gasteiger partial charge is 0.234 e. The van der Waals surface area contributed by atoms with Crippen molar-refractivity contribution in [1.29, 1.82) is 0 Å². The molecule has 0 bridgehead atoms. The zero-order valence-corrected chi connectivity index (χ0v) is 16.4. The second-order valence-electron chi connectivity index (χ2n) is 7.87. The highest BCUT2D eigenvalue weighted by atomic mass is 16.2. The van der Waals surface area contributed by atoms with Crippen LogP contribution in [-0.4, -0.2) is 42.0 Å². The average Bonchev–Trinajstić information content (AvgIpc) is 3.14. The largest absolute Gasteiger partial charge is 0.361 e. The van der Waals surface area contributed by atoms with Crippen LogP contribution in [0.5, 0.6) is 0 Å². The van der Waals surface area contributed by atoms with Crippen LogP contribution in [0.1, 0.15) is 24.0 Å². The molecular weight excluding hydrogens is 346 g/mol. The Hall–Kier alpha value is -2.59. The summed E-state index contributed by atoms with van der Waals surface area (Å²) in [6, 6.07) is 19.0. The molecule has 0 radical (unpaired) electrons. The Morgan fingerprint density at radius 1 is 1.04 bits per heavy atom. The Kier molecular flexibility index (Phi) is 6.07. The van der Waals surface area contributed by atoms with Gasteiger partial charge in [-0.15, -0.1) is 0 Å². The number of carbonyl (C=O) groups is 1. The maximum absolute atomic E-state index is 12.3. The lowest BCUT2D eigenvalue weighted by atomic mass is 9.90. The second kappa shape index (κ2) is 9.07. The SMILES string of the molecule is O=C(CN1CCC(Cc2ccccc2)CC1)NCCc1c[nH]c2ccccc12. The van der Waals surface area contributed by atoms with Gasteiger partial charge in [0.05, 0.1) is 6.54 Å². The van der Waals surface area contributed by atoms with Crippen molar-refractivity contribution in [3.63, 3.8) is 0 Å². The van der Waals surface area contributed by atoms with Crippen LogP contribution in [0.3, 0.4) is 0 Å². The maximum Gasteiger partial charge on any atom is 0.234 e. The lowest BCUT2D eigenvalue weighted by Crippen LogP contribution is -2.42. The number of aromatic amines is 1. The average molecular weight is 376 g/mol. The zero-order chi connectivity index (χ0) is 19.2. The molecule has 4 rings (SSSR count). The van der Waals surface area contributed by atoms with E-state index >= 15 is 0 Å². The summed E-state index contributed by atoms with van der Waals surface area (Å²) in [6.45, 7) is 3.25. The van der Waals surface area contributed by atoms with Gasteiger partial charge in [-0.05, 0) is 61.9 Å². The van der Waals surface area contributed by atoms with E-state index in [2.05, 4.69) is 63.7 Å². The number of hydrogen-bond acceptors (Lipinski definition) is 2. The Morgan fingerprint density at radius 2 is 1.79 bits per heavy atom. The van der Waals surface area contributed by atoms with Crippen LogP contribution in [0.25, 0.3) is 10.9 Å². The van der Waals surface area contributed by atoms with E-state index in [1.807, 2.05) is 12.3 Å². The number of nitrogens with zero attached hydrogens (tertiary/aromatic N) is 1. The summed E-state index contributed by atoms with van der Waals surface area (Å²) in [4.78, 5) is 17.9. The van der Waals surface area contributed by atoms with E-state index in [-0.39, 0.29) is 5.91 Å². The first-order valence-electron chi connectivity index (χ1n) is 10.4. The molecule has 0 saturated carbocycles. The minimum Gasteiger partial charge on any atom is -0.361 e. The molecule has 1 aromatic heterocycles. The second-order valence-corrected chi connectivity index (χ2v) is 7.87. The van der Waals surface area contributed by atoms with Crippen molar-refractivity contribution in [3.8, 4) is 0 Å². The molecule has 0 spiro atoms. The van der Waals surface area contributed by atoms with Gasteiger partial charge in [-0.3, -0.25) is 9.69 Å². The number of amides is 1. The molecule has 1 aliphatic rings. The summed E-state index contributed by atoms with van der Waals surface area (Å²) in [7, 11) is 0. The fourth-order valence-corrected chi connectivity index (χ4v) is 4.23. The van der Waals surface area contributed by atoms with Crippen LogP contribution in [-0.2, 0) is 17.6 Å². The van der Waals surface area contributed by atoms with E-state index in [0.29, 0.717) is 13.1 Å². The van der Waals surface area contributed by atoms with Gasteiger partial charge in [0.15, 0.2) is 0 Å². The number of aromatic nitrogens is 1. The minimum atomic E-state index is 0.140. The molecule has 146 valence electrons. The molecule has 4 heteroatoms. The first kappa shape index (κ1) is 18.8. The molecule has 0 aliphatic carbocycles. The standard InChI is InChI=1S/C24H29N3O/c28-24(25-13-10-21-17-26-23-9-5-4-8-22(21)23)18-27-14-11-20(12-15-27)16-19-6-2-1-3-7-19/h1-9,17,20,26H,10-16,18H2,(H,25,28). The highest BCUT2D eigenvalue weighted by Gasteiger charge is 2.21. The minimum absolute atomic E-state index is 0.140.